The first-order chi connectivity index (χ1) is 14.1. The van der Waals surface area contributed by atoms with Gasteiger partial charge in [0.2, 0.25) is 0 Å². The molecule has 2 rings (SSSR count). The lowest BCUT2D eigenvalue weighted by atomic mass is 10.0. The molecule has 2 atom stereocenters. The predicted octanol–water partition coefficient (Wildman–Crippen LogP) is 3.50. The lowest BCUT2D eigenvalue weighted by molar-refractivity contribution is -0.153. The lowest BCUT2D eigenvalue weighted by Crippen LogP contribution is -2.33. The molecule has 2 aromatic rings. The summed E-state index contributed by atoms with van der Waals surface area (Å²) in [6, 6.07) is 12.4. The standard InChI is InChI=1S/C23H28FNO5/c1-15(18-7-5-6-8-19(18)24)22(28)29-17-11-9-16(10-12-17)20(26)13-25-14-21(27)30-23(2,3)4/h5-12,15,20,25-26H,13-14H2,1-4H3. The molecule has 30 heavy (non-hydrogen) atoms. The number of benzene rings is 2. The zero-order valence-electron chi connectivity index (χ0n) is 17.6. The van der Waals surface area contributed by atoms with E-state index in [1.54, 1.807) is 70.2 Å². The van der Waals surface area contributed by atoms with Gasteiger partial charge in [-0.3, -0.25) is 9.59 Å². The molecule has 0 saturated carbocycles. The molecule has 2 unspecified atom stereocenters. The number of aliphatic hydroxyl groups is 1. The summed E-state index contributed by atoms with van der Waals surface area (Å²) in [5.41, 5.74) is 0.299. The van der Waals surface area contributed by atoms with Gasteiger partial charge in [-0.1, -0.05) is 30.3 Å². The molecule has 6 nitrogen and oxygen atoms in total. The first-order valence-corrected chi connectivity index (χ1v) is 9.73. The normalized spacial score (nSPS) is 13.4. The molecule has 0 saturated heterocycles. The summed E-state index contributed by atoms with van der Waals surface area (Å²) in [5, 5.41) is 13.1. The molecular formula is C23H28FNO5. The zero-order valence-corrected chi connectivity index (χ0v) is 17.6. The summed E-state index contributed by atoms with van der Waals surface area (Å²) in [6.45, 7) is 7.07. The predicted molar refractivity (Wildman–Crippen MR) is 111 cm³/mol. The fourth-order valence-corrected chi connectivity index (χ4v) is 2.72. The van der Waals surface area contributed by atoms with Crippen LogP contribution >= 0.6 is 0 Å². The monoisotopic (exact) mass is 417 g/mol. The largest absolute Gasteiger partial charge is 0.459 e. The highest BCUT2D eigenvalue weighted by molar-refractivity contribution is 5.80. The molecule has 0 aromatic heterocycles. The topological polar surface area (TPSA) is 84.9 Å². The Kier molecular flexibility index (Phi) is 8.08. The Morgan fingerprint density at radius 1 is 1.10 bits per heavy atom. The summed E-state index contributed by atoms with van der Waals surface area (Å²) in [7, 11) is 0. The number of carbonyl (C=O) groups is 2. The SMILES string of the molecule is CC(C(=O)Oc1ccc(C(O)CNCC(=O)OC(C)(C)C)cc1)c1ccccc1F. The van der Waals surface area contributed by atoms with E-state index < -0.39 is 35.4 Å². The molecule has 2 N–H and O–H groups in total. The van der Waals surface area contributed by atoms with Crippen molar-refractivity contribution in [2.24, 2.45) is 0 Å². The Morgan fingerprint density at radius 3 is 2.33 bits per heavy atom. The van der Waals surface area contributed by atoms with Crippen molar-refractivity contribution in [1.29, 1.82) is 0 Å². The number of hydrogen-bond acceptors (Lipinski definition) is 6. The summed E-state index contributed by atoms with van der Waals surface area (Å²) in [5.74, 6) is -1.90. The number of ether oxygens (including phenoxy) is 2. The van der Waals surface area contributed by atoms with E-state index >= 15 is 0 Å². The second-order valence-corrected chi connectivity index (χ2v) is 7.97. The van der Waals surface area contributed by atoms with Gasteiger partial charge in [0.1, 0.15) is 17.2 Å². The van der Waals surface area contributed by atoms with Crippen molar-refractivity contribution in [2.75, 3.05) is 13.1 Å². The van der Waals surface area contributed by atoms with Crippen LogP contribution in [0.15, 0.2) is 48.5 Å². The minimum absolute atomic E-state index is 0.0159. The second-order valence-electron chi connectivity index (χ2n) is 7.97. The van der Waals surface area contributed by atoms with Gasteiger partial charge in [0, 0.05) is 12.1 Å². The average molecular weight is 417 g/mol. The van der Waals surface area contributed by atoms with Gasteiger partial charge in [0.25, 0.3) is 0 Å². The molecular weight excluding hydrogens is 389 g/mol. The Balaban J connectivity index is 1.86. The summed E-state index contributed by atoms with van der Waals surface area (Å²) >= 11 is 0. The van der Waals surface area contributed by atoms with Crippen molar-refractivity contribution in [3.8, 4) is 5.75 Å². The lowest BCUT2D eigenvalue weighted by Gasteiger charge is -2.20. The van der Waals surface area contributed by atoms with Crippen molar-refractivity contribution < 1.29 is 28.6 Å². The van der Waals surface area contributed by atoms with Crippen molar-refractivity contribution in [1.82, 2.24) is 5.32 Å². The zero-order chi connectivity index (χ0) is 22.3. The van der Waals surface area contributed by atoms with Crippen LogP contribution in [-0.4, -0.2) is 35.7 Å². The quantitative estimate of drug-likeness (QED) is 0.505. The van der Waals surface area contributed by atoms with Crippen molar-refractivity contribution in [3.05, 3.63) is 65.5 Å². The molecule has 0 radical (unpaired) electrons. The minimum atomic E-state index is -0.852. The number of esters is 2. The highest BCUT2D eigenvalue weighted by atomic mass is 19.1. The first kappa shape index (κ1) is 23.5. The van der Waals surface area contributed by atoms with Gasteiger partial charge in [-0.2, -0.15) is 0 Å². The summed E-state index contributed by atoms with van der Waals surface area (Å²) in [4.78, 5) is 24.0. The molecule has 0 aliphatic heterocycles. The molecule has 162 valence electrons. The molecule has 7 heteroatoms. The van der Waals surface area contributed by atoms with Gasteiger partial charge in [-0.15, -0.1) is 0 Å². The minimum Gasteiger partial charge on any atom is -0.459 e. The maximum absolute atomic E-state index is 13.8. The van der Waals surface area contributed by atoms with Crippen molar-refractivity contribution >= 4 is 11.9 Å². The molecule has 2 aromatic carbocycles. The molecule has 0 bridgehead atoms. The maximum atomic E-state index is 13.8. The van der Waals surface area contributed by atoms with Gasteiger partial charge in [0.15, 0.2) is 0 Å². The van der Waals surface area contributed by atoms with E-state index in [2.05, 4.69) is 5.32 Å². The number of aliphatic hydroxyl groups excluding tert-OH is 1. The molecule has 0 aliphatic carbocycles. The Labute approximate surface area is 176 Å². The number of carbonyl (C=O) groups excluding carboxylic acids is 2. The van der Waals surface area contributed by atoms with Gasteiger partial charge >= 0.3 is 11.9 Å². The Hall–Kier alpha value is -2.77. The Bertz CT molecular complexity index is 861. The van der Waals surface area contributed by atoms with E-state index in [-0.39, 0.29) is 18.7 Å². The number of hydrogen-bond donors (Lipinski definition) is 2. The van der Waals surface area contributed by atoms with Gasteiger partial charge in [0.05, 0.1) is 18.6 Å². The van der Waals surface area contributed by atoms with Crippen LogP contribution in [-0.2, 0) is 14.3 Å². The third kappa shape index (κ3) is 7.24. The summed E-state index contributed by atoms with van der Waals surface area (Å²) in [6.07, 6.45) is -0.852. The number of halogens is 1. The van der Waals surface area contributed by atoms with Gasteiger partial charge < -0.3 is 19.9 Å². The van der Waals surface area contributed by atoms with Gasteiger partial charge in [-0.25, -0.2) is 4.39 Å². The van der Waals surface area contributed by atoms with Crippen molar-refractivity contribution in [3.63, 3.8) is 0 Å². The molecule has 0 amide bonds. The average Bonchev–Trinajstić information content (AvgIpc) is 2.67. The molecule has 0 spiro atoms. The van der Waals surface area contributed by atoms with Crippen LogP contribution in [0.1, 0.15) is 50.8 Å². The van der Waals surface area contributed by atoms with Gasteiger partial charge in [-0.05, 0) is 51.5 Å². The fraction of sp³-hybridized carbons (Fsp3) is 0.391. The summed E-state index contributed by atoms with van der Waals surface area (Å²) < 4.78 is 24.3. The van der Waals surface area contributed by atoms with E-state index in [4.69, 9.17) is 9.47 Å². The maximum Gasteiger partial charge on any atom is 0.320 e. The van der Waals surface area contributed by atoms with Crippen LogP contribution in [0.4, 0.5) is 4.39 Å². The molecule has 0 fully saturated rings. The van der Waals surface area contributed by atoms with Crippen LogP contribution in [0, 0.1) is 5.82 Å². The van der Waals surface area contributed by atoms with E-state index in [1.807, 2.05) is 0 Å². The van der Waals surface area contributed by atoms with Crippen LogP contribution < -0.4 is 10.1 Å². The smallest absolute Gasteiger partial charge is 0.320 e. The highest BCUT2D eigenvalue weighted by Gasteiger charge is 2.21. The third-order valence-corrected chi connectivity index (χ3v) is 4.24. The molecule has 0 heterocycles. The van der Waals surface area contributed by atoms with Crippen molar-refractivity contribution in [2.45, 2.75) is 45.3 Å². The highest BCUT2D eigenvalue weighted by Crippen LogP contribution is 2.23. The first-order valence-electron chi connectivity index (χ1n) is 9.73. The fourth-order valence-electron chi connectivity index (χ4n) is 2.72. The van der Waals surface area contributed by atoms with E-state index in [0.717, 1.165) is 0 Å². The van der Waals surface area contributed by atoms with Crippen LogP contribution in [0.25, 0.3) is 0 Å². The van der Waals surface area contributed by atoms with Crippen LogP contribution in [0.3, 0.4) is 0 Å². The van der Waals surface area contributed by atoms with Crippen LogP contribution in [0.5, 0.6) is 5.75 Å². The molecule has 0 aliphatic rings. The number of nitrogens with one attached hydrogen (secondary N) is 1. The van der Waals surface area contributed by atoms with E-state index in [1.165, 1.54) is 6.07 Å². The second kappa shape index (κ2) is 10.3. The number of rotatable bonds is 8. The van der Waals surface area contributed by atoms with E-state index in [0.29, 0.717) is 11.3 Å². The van der Waals surface area contributed by atoms with Crippen LogP contribution in [0.2, 0.25) is 0 Å². The Morgan fingerprint density at radius 2 is 1.73 bits per heavy atom. The van der Waals surface area contributed by atoms with E-state index in [9.17, 15) is 19.1 Å². The third-order valence-electron chi connectivity index (χ3n) is 4.24.